The molecule has 0 aromatic rings. The summed E-state index contributed by atoms with van der Waals surface area (Å²) in [5.74, 6) is -0.680. The molecule has 0 aliphatic carbocycles. The van der Waals surface area contributed by atoms with Crippen LogP contribution in [-0.2, 0) is 4.79 Å². The van der Waals surface area contributed by atoms with Crippen molar-refractivity contribution in [3.8, 4) is 0 Å². The van der Waals surface area contributed by atoms with E-state index in [1.807, 2.05) is 0 Å². The smallest absolute Gasteiger partial charge is 0.303 e. The van der Waals surface area contributed by atoms with Crippen LogP contribution in [0.25, 0.3) is 0 Å². The van der Waals surface area contributed by atoms with Gasteiger partial charge in [0.1, 0.15) is 0 Å². The number of carboxylic acid groups (broad SMARTS) is 1. The van der Waals surface area contributed by atoms with Gasteiger partial charge in [0.2, 0.25) is 0 Å². The summed E-state index contributed by atoms with van der Waals surface area (Å²) in [5, 5.41) is 8.49. The molecule has 0 spiro atoms. The second-order valence-corrected chi connectivity index (χ2v) is 5.05. The molecule has 20 heavy (non-hydrogen) atoms. The maximum absolute atomic E-state index is 10.3. The van der Waals surface area contributed by atoms with Gasteiger partial charge in [0.25, 0.3) is 0 Å². The maximum atomic E-state index is 10.3. The fourth-order valence-corrected chi connectivity index (χ4v) is 1.84. The highest BCUT2D eigenvalue weighted by Gasteiger charge is 1.95. The molecule has 2 heteroatoms. The van der Waals surface area contributed by atoms with Crippen LogP contribution in [0, 0.1) is 0 Å². The lowest BCUT2D eigenvalue weighted by Crippen LogP contribution is -1.93. The molecule has 0 bridgehead atoms. The Bertz CT molecular complexity index is 301. The summed E-state index contributed by atoms with van der Waals surface area (Å²) >= 11 is 0. The molecule has 0 aliphatic heterocycles. The molecule has 0 aliphatic rings. The highest BCUT2D eigenvalue weighted by Crippen LogP contribution is 2.06. The largest absolute Gasteiger partial charge is 0.481 e. The number of rotatable bonds is 13. The number of hydrogen-bond donors (Lipinski definition) is 1. The summed E-state index contributed by atoms with van der Waals surface area (Å²) in [7, 11) is 0. The first-order valence-electron chi connectivity index (χ1n) is 7.95. The van der Waals surface area contributed by atoms with Crippen molar-refractivity contribution in [3.05, 3.63) is 36.5 Å². The summed E-state index contributed by atoms with van der Waals surface area (Å²) in [5.41, 5.74) is 0. The Morgan fingerprint density at radius 2 is 1.55 bits per heavy atom. The first-order valence-corrected chi connectivity index (χ1v) is 7.95. The first-order chi connectivity index (χ1) is 9.77. The summed E-state index contributed by atoms with van der Waals surface area (Å²) in [4.78, 5) is 10.3. The zero-order valence-corrected chi connectivity index (χ0v) is 12.9. The van der Waals surface area contributed by atoms with Crippen LogP contribution in [0.5, 0.6) is 0 Å². The Morgan fingerprint density at radius 3 is 2.30 bits per heavy atom. The van der Waals surface area contributed by atoms with Gasteiger partial charge in [0.05, 0.1) is 0 Å². The SMILES string of the molecule is CCCCC=CC=CCC=CCCCCCCC(=O)O. The number of unbranched alkanes of at least 4 members (excludes halogenated alkanes) is 6. The number of carbonyl (C=O) groups is 1. The number of carboxylic acids is 1. The van der Waals surface area contributed by atoms with Gasteiger partial charge < -0.3 is 5.11 Å². The normalized spacial score (nSPS) is 12.1. The Kier molecular flexibility index (Phi) is 14.7. The van der Waals surface area contributed by atoms with Gasteiger partial charge in [-0.05, 0) is 32.1 Å². The topological polar surface area (TPSA) is 37.3 Å². The van der Waals surface area contributed by atoms with Gasteiger partial charge in [0.15, 0.2) is 0 Å². The van der Waals surface area contributed by atoms with Crippen LogP contribution in [0.15, 0.2) is 36.5 Å². The molecule has 0 saturated carbocycles. The van der Waals surface area contributed by atoms with Crippen molar-refractivity contribution in [1.82, 2.24) is 0 Å². The van der Waals surface area contributed by atoms with E-state index in [1.165, 1.54) is 19.3 Å². The minimum Gasteiger partial charge on any atom is -0.481 e. The van der Waals surface area contributed by atoms with Crippen LogP contribution in [0.3, 0.4) is 0 Å². The van der Waals surface area contributed by atoms with Crippen molar-refractivity contribution in [2.45, 2.75) is 71.1 Å². The van der Waals surface area contributed by atoms with E-state index < -0.39 is 5.97 Å². The number of hydrogen-bond acceptors (Lipinski definition) is 1. The third kappa shape index (κ3) is 16.7. The van der Waals surface area contributed by atoms with E-state index in [9.17, 15) is 4.79 Å². The van der Waals surface area contributed by atoms with Gasteiger partial charge in [-0.1, -0.05) is 69.1 Å². The molecule has 1 N–H and O–H groups in total. The Balaban J connectivity index is 3.29. The molecule has 0 fully saturated rings. The third-order valence-electron chi connectivity index (χ3n) is 3.06. The summed E-state index contributed by atoms with van der Waals surface area (Å²) in [6.07, 6.45) is 23.3. The molecule has 0 saturated heterocycles. The minimum absolute atomic E-state index is 0.312. The van der Waals surface area contributed by atoms with Crippen LogP contribution in [0.1, 0.15) is 71.1 Å². The maximum Gasteiger partial charge on any atom is 0.303 e. The third-order valence-corrected chi connectivity index (χ3v) is 3.06. The minimum atomic E-state index is -0.680. The fraction of sp³-hybridized carbons (Fsp3) is 0.611. The number of allylic oxidation sites excluding steroid dienone is 6. The highest BCUT2D eigenvalue weighted by atomic mass is 16.4. The monoisotopic (exact) mass is 278 g/mol. The van der Waals surface area contributed by atoms with E-state index in [4.69, 9.17) is 5.11 Å². The van der Waals surface area contributed by atoms with Gasteiger partial charge in [-0.3, -0.25) is 4.79 Å². The van der Waals surface area contributed by atoms with Crippen molar-refractivity contribution in [2.75, 3.05) is 0 Å². The molecular formula is C18H30O2. The van der Waals surface area contributed by atoms with Crippen LogP contribution >= 0.6 is 0 Å². The molecule has 2 nitrogen and oxygen atoms in total. The fourth-order valence-electron chi connectivity index (χ4n) is 1.84. The van der Waals surface area contributed by atoms with Gasteiger partial charge in [-0.25, -0.2) is 0 Å². The molecule has 0 amide bonds. The van der Waals surface area contributed by atoms with E-state index in [0.717, 1.165) is 38.5 Å². The van der Waals surface area contributed by atoms with Crippen LogP contribution in [-0.4, -0.2) is 11.1 Å². The summed E-state index contributed by atoms with van der Waals surface area (Å²) in [6, 6.07) is 0. The van der Waals surface area contributed by atoms with E-state index >= 15 is 0 Å². The summed E-state index contributed by atoms with van der Waals surface area (Å²) in [6.45, 7) is 2.21. The first kappa shape index (κ1) is 18.7. The lowest BCUT2D eigenvalue weighted by Gasteiger charge is -1.96. The van der Waals surface area contributed by atoms with Gasteiger partial charge >= 0.3 is 5.97 Å². The van der Waals surface area contributed by atoms with Crippen LogP contribution < -0.4 is 0 Å². The van der Waals surface area contributed by atoms with E-state index in [1.54, 1.807) is 0 Å². The molecular weight excluding hydrogens is 248 g/mol. The van der Waals surface area contributed by atoms with Gasteiger partial charge in [-0.15, -0.1) is 0 Å². The van der Waals surface area contributed by atoms with E-state index in [2.05, 4.69) is 43.4 Å². The van der Waals surface area contributed by atoms with E-state index in [-0.39, 0.29) is 0 Å². The number of aliphatic carboxylic acids is 1. The molecule has 0 rings (SSSR count). The molecule has 0 aromatic carbocycles. The van der Waals surface area contributed by atoms with Crippen molar-refractivity contribution in [2.24, 2.45) is 0 Å². The lowest BCUT2D eigenvalue weighted by molar-refractivity contribution is -0.137. The molecule has 0 radical (unpaired) electrons. The zero-order chi connectivity index (χ0) is 14.9. The van der Waals surface area contributed by atoms with Crippen LogP contribution in [0.4, 0.5) is 0 Å². The predicted octanol–water partition coefficient (Wildman–Crippen LogP) is 5.66. The molecule has 114 valence electrons. The molecule has 0 aromatic heterocycles. The standard InChI is InChI=1S/C18H30O2/c1-2-3-4-5-6-7-8-9-10-11-12-13-14-15-16-17-18(19)20/h5-8,10-11H,2-4,9,12-17H2,1H3,(H,19,20). The molecule has 0 unspecified atom stereocenters. The Hall–Kier alpha value is -1.31. The lowest BCUT2D eigenvalue weighted by atomic mass is 10.1. The zero-order valence-electron chi connectivity index (χ0n) is 12.9. The highest BCUT2D eigenvalue weighted by molar-refractivity contribution is 5.66. The van der Waals surface area contributed by atoms with Crippen molar-refractivity contribution < 1.29 is 9.90 Å². The van der Waals surface area contributed by atoms with Crippen molar-refractivity contribution in [1.29, 1.82) is 0 Å². The molecule has 0 heterocycles. The Labute approximate surface area is 124 Å². The van der Waals surface area contributed by atoms with Crippen molar-refractivity contribution in [3.63, 3.8) is 0 Å². The Morgan fingerprint density at radius 1 is 0.850 bits per heavy atom. The average molecular weight is 278 g/mol. The average Bonchev–Trinajstić information content (AvgIpc) is 2.43. The van der Waals surface area contributed by atoms with Crippen molar-refractivity contribution >= 4 is 5.97 Å². The van der Waals surface area contributed by atoms with Gasteiger partial charge in [-0.2, -0.15) is 0 Å². The predicted molar refractivity (Wildman–Crippen MR) is 86.9 cm³/mol. The second-order valence-electron chi connectivity index (χ2n) is 5.05. The van der Waals surface area contributed by atoms with Gasteiger partial charge in [0, 0.05) is 6.42 Å². The van der Waals surface area contributed by atoms with E-state index in [0.29, 0.717) is 6.42 Å². The molecule has 0 atom stereocenters. The summed E-state index contributed by atoms with van der Waals surface area (Å²) < 4.78 is 0. The van der Waals surface area contributed by atoms with Crippen LogP contribution in [0.2, 0.25) is 0 Å². The second kappa shape index (κ2) is 15.7. The quantitative estimate of drug-likeness (QED) is 0.268.